The highest BCUT2D eigenvalue weighted by Gasteiger charge is 2.19. The third kappa shape index (κ3) is 3.70. The van der Waals surface area contributed by atoms with Crippen molar-refractivity contribution >= 4 is 10.9 Å². The number of pyridine rings is 1. The molecule has 2 aromatic rings. The number of fused-ring (bicyclic) bond motifs is 1. The standard InChI is InChI=1S/C17H22N2O/c1-13(4-2-10-18-15-7-8-15)20-16-9-6-14-5-3-11-19-17(14)12-16/h3,5-6,9,11-13,15,18H,2,4,7-8,10H2,1H3. The highest BCUT2D eigenvalue weighted by Crippen LogP contribution is 2.21. The van der Waals surface area contributed by atoms with Crippen molar-refractivity contribution in [1.29, 1.82) is 0 Å². The fraction of sp³-hybridized carbons (Fsp3) is 0.471. The van der Waals surface area contributed by atoms with Gasteiger partial charge in [0.2, 0.25) is 0 Å². The largest absolute Gasteiger partial charge is 0.491 e. The first kappa shape index (κ1) is 13.4. The van der Waals surface area contributed by atoms with Crippen molar-refractivity contribution in [2.75, 3.05) is 6.54 Å². The maximum Gasteiger partial charge on any atom is 0.121 e. The zero-order valence-corrected chi connectivity index (χ0v) is 12.0. The molecule has 0 saturated heterocycles. The smallest absolute Gasteiger partial charge is 0.121 e. The summed E-state index contributed by atoms with van der Waals surface area (Å²) in [5, 5.41) is 4.69. The van der Waals surface area contributed by atoms with Crippen LogP contribution in [0.15, 0.2) is 36.5 Å². The number of nitrogens with zero attached hydrogens (tertiary/aromatic N) is 1. The summed E-state index contributed by atoms with van der Waals surface area (Å²) in [4.78, 5) is 4.36. The fourth-order valence-corrected chi connectivity index (χ4v) is 2.39. The number of hydrogen-bond acceptors (Lipinski definition) is 3. The van der Waals surface area contributed by atoms with Crippen LogP contribution in [0.25, 0.3) is 10.9 Å². The van der Waals surface area contributed by atoms with E-state index in [0.717, 1.165) is 35.7 Å². The Bertz CT molecular complexity index is 566. The molecule has 1 unspecified atom stereocenters. The van der Waals surface area contributed by atoms with E-state index >= 15 is 0 Å². The average molecular weight is 270 g/mol. The molecule has 0 bridgehead atoms. The number of benzene rings is 1. The zero-order valence-electron chi connectivity index (χ0n) is 12.0. The fourth-order valence-electron chi connectivity index (χ4n) is 2.39. The number of aromatic nitrogens is 1. The molecule has 0 radical (unpaired) electrons. The summed E-state index contributed by atoms with van der Waals surface area (Å²) >= 11 is 0. The first-order valence-electron chi connectivity index (χ1n) is 7.56. The Balaban J connectivity index is 1.49. The molecule has 0 amide bonds. The van der Waals surface area contributed by atoms with Crippen LogP contribution in [0.1, 0.15) is 32.6 Å². The van der Waals surface area contributed by atoms with Gasteiger partial charge in [0.15, 0.2) is 0 Å². The summed E-state index contributed by atoms with van der Waals surface area (Å²) in [5.74, 6) is 0.916. The van der Waals surface area contributed by atoms with Gasteiger partial charge in [-0.3, -0.25) is 4.98 Å². The van der Waals surface area contributed by atoms with Crippen molar-refractivity contribution < 1.29 is 4.74 Å². The van der Waals surface area contributed by atoms with Gasteiger partial charge in [0, 0.05) is 23.7 Å². The van der Waals surface area contributed by atoms with Crippen molar-refractivity contribution in [3.63, 3.8) is 0 Å². The molecule has 1 atom stereocenters. The molecule has 3 nitrogen and oxygen atoms in total. The maximum atomic E-state index is 5.98. The Kier molecular flexibility index (Phi) is 4.16. The predicted molar refractivity (Wildman–Crippen MR) is 82.1 cm³/mol. The Morgan fingerprint density at radius 3 is 3.10 bits per heavy atom. The van der Waals surface area contributed by atoms with Crippen LogP contribution in [0, 0.1) is 0 Å². The minimum absolute atomic E-state index is 0.247. The molecule has 1 aliphatic rings. The summed E-state index contributed by atoms with van der Waals surface area (Å²) in [6.07, 6.45) is 7.03. The highest BCUT2D eigenvalue weighted by molar-refractivity contribution is 5.79. The first-order valence-corrected chi connectivity index (χ1v) is 7.56. The third-order valence-corrected chi connectivity index (χ3v) is 3.71. The second-order valence-corrected chi connectivity index (χ2v) is 5.66. The molecule has 1 aromatic carbocycles. The van der Waals surface area contributed by atoms with E-state index in [4.69, 9.17) is 4.74 Å². The molecule has 1 aliphatic carbocycles. The molecule has 0 spiro atoms. The van der Waals surface area contributed by atoms with E-state index in [1.165, 1.54) is 19.3 Å². The zero-order chi connectivity index (χ0) is 13.8. The van der Waals surface area contributed by atoms with Crippen LogP contribution in [0.3, 0.4) is 0 Å². The van der Waals surface area contributed by atoms with Crippen LogP contribution < -0.4 is 10.1 Å². The highest BCUT2D eigenvalue weighted by atomic mass is 16.5. The Labute approximate surface area is 120 Å². The van der Waals surface area contributed by atoms with Gasteiger partial charge in [-0.2, -0.15) is 0 Å². The summed E-state index contributed by atoms with van der Waals surface area (Å²) in [7, 11) is 0. The van der Waals surface area contributed by atoms with Gasteiger partial charge in [-0.1, -0.05) is 6.07 Å². The molecule has 3 rings (SSSR count). The first-order chi connectivity index (χ1) is 9.81. The topological polar surface area (TPSA) is 34.1 Å². The number of rotatable bonds is 7. The van der Waals surface area contributed by atoms with Crippen molar-refractivity contribution in [2.24, 2.45) is 0 Å². The van der Waals surface area contributed by atoms with Crippen LogP contribution >= 0.6 is 0 Å². The van der Waals surface area contributed by atoms with Gasteiger partial charge in [0.1, 0.15) is 5.75 Å². The molecular formula is C17H22N2O. The lowest BCUT2D eigenvalue weighted by atomic mass is 10.2. The minimum Gasteiger partial charge on any atom is -0.491 e. The van der Waals surface area contributed by atoms with E-state index in [1.54, 1.807) is 0 Å². The number of nitrogens with one attached hydrogen (secondary N) is 1. The summed E-state index contributed by atoms with van der Waals surface area (Å²) in [6.45, 7) is 3.25. The van der Waals surface area contributed by atoms with E-state index in [2.05, 4.69) is 29.4 Å². The van der Waals surface area contributed by atoms with Crippen molar-refractivity contribution in [2.45, 2.75) is 44.8 Å². The molecule has 1 aromatic heterocycles. The molecule has 1 fully saturated rings. The monoisotopic (exact) mass is 270 g/mol. The molecule has 20 heavy (non-hydrogen) atoms. The Morgan fingerprint density at radius 2 is 2.25 bits per heavy atom. The van der Waals surface area contributed by atoms with Crippen molar-refractivity contribution in [3.05, 3.63) is 36.5 Å². The van der Waals surface area contributed by atoms with Gasteiger partial charge in [-0.15, -0.1) is 0 Å². The molecule has 1 heterocycles. The molecule has 3 heteroatoms. The molecule has 1 N–H and O–H groups in total. The van der Waals surface area contributed by atoms with E-state index in [-0.39, 0.29) is 6.10 Å². The SMILES string of the molecule is CC(CCCNC1CC1)Oc1ccc2cccnc2c1. The lowest BCUT2D eigenvalue weighted by Crippen LogP contribution is -2.20. The van der Waals surface area contributed by atoms with Crippen LogP contribution in [0.5, 0.6) is 5.75 Å². The lowest BCUT2D eigenvalue weighted by Gasteiger charge is -2.15. The van der Waals surface area contributed by atoms with E-state index < -0.39 is 0 Å². The normalized spacial score (nSPS) is 16.2. The van der Waals surface area contributed by atoms with Crippen LogP contribution in [0.2, 0.25) is 0 Å². The summed E-state index contributed by atoms with van der Waals surface area (Å²) in [6, 6.07) is 11.0. The van der Waals surface area contributed by atoms with Gasteiger partial charge < -0.3 is 10.1 Å². The maximum absolute atomic E-state index is 5.98. The van der Waals surface area contributed by atoms with Gasteiger partial charge in [-0.05, 0) is 57.4 Å². The molecular weight excluding hydrogens is 248 g/mol. The number of hydrogen-bond donors (Lipinski definition) is 1. The van der Waals surface area contributed by atoms with Crippen LogP contribution in [-0.2, 0) is 0 Å². The predicted octanol–water partition coefficient (Wildman–Crippen LogP) is 3.53. The van der Waals surface area contributed by atoms with Crippen LogP contribution in [0.4, 0.5) is 0 Å². The average Bonchev–Trinajstić information content (AvgIpc) is 3.28. The van der Waals surface area contributed by atoms with E-state index in [1.807, 2.05) is 24.4 Å². The number of ether oxygens (including phenoxy) is 1. The van der Waals surface area contributed by atoms with Crippen LogP contribution in [-0.4, -0.2) is 23.7 Å². The van der Waals surface area contributed by atoms with E-state index in [0.29, 0.717) is 0 Å². The molecule has 106 valence electrons. The second-order valence-electron chi connectivity index (χ2n) is 5.66. The summed E-state index contributed by atoms with van der Waals surface area (Å²) in [5.41, 5.74) is 0.993. The quantitative estimate of drug-likeness (QED) is 0.781. The third-order valence-electron chi connectivity index (χ3n) is 3.71. The van der Waals surface area contributed by atoms with Gasteiger partial charge in [0.25, 0.3) is 0 Å². The molecule has 0 aliphatic heterocycles. The van der Waals surface area contributed by atoms with Gasteiger partial charge in [-0.25, -0.2) is 0 Å². The lowest BCUT2D eigenvalue weighted by molar-refractivity contribution is 0.207. The molecule has 1 saturated carbocycles. The Morgan fingerprint density at radius 1 is 1.35 bits per heavy atom. The van der Waals surface area contributed by atoms with E-state index in [9.17, 15) is 0 Å². The van der Waals surface area contributed by atoms with Crippen molar-refractivity contribution in [3.8, 4) is 5.75 Å². The minimum atomic E-state index is 0.247. The Hall–Kier alpha value is -1.61. The second kappa shape index (κ2) is 6.23. The van der Waals surface area contributed by atoms with Crippen molar-refractivity contribution in [1.82, 2.24) is 10.3 Å². The summed E-state index contributed by atoms with van der Waals surface area (Å²) < 4.78 is 5.98. The van der Waals surface area contributed by atoms with Gasteiger partial charge >= 0.3 is 0 Å². The van der Waals surface area contributed by atoms with Gasteiger partial charge in [0.05, 0.1) is 11.6 Å².